The molecule has 0 atom stereocenters. The van der Waals surface area contributed by atoms with E-state index >= 15 is 0 Å². The second-order valence-electron chi connectivity index (χ2n) is 4.58. The molecule has 2 rings (SSSR count). The average Bonchev–Trinajstić information content (AvgIpc) is 2.90. The van der Waals surface area contributed by atoms with Crippen molar-refractivity contribution < 1.29 is 8.42 Å². The highest BCUT2D eigenvalue weighted by Crippen LogP contribution is 2.30. The third kappa shape index (κ3) is 4.50. The van der Waals surface area contributed by atoms with Crippen LogP contribution in [0.15, 0.2) is 12.1 Å². The molecule has 0 spiro atoms. The van der Waals surface area contributed by atoms with Crippen molar-refractivity contribution >= 4 is 50.1 Å². The van der Waals surface area contributed by atoms with E-state index in [0.29, 0.717) is 34.7 Å². The normalized spacial score (nSPS) is 11.9. The van der Waals surface area contributed by atoms with Gasteiger partial charge in [0.15, 0.2) is 0 Å². The largest absolute Gasteiger partial charge is 0.317 e. The Morgan fingerprint density at radius 3 is 2.86 bits per heavy atom. The van der Waals surface area contributed by atoms with E-state index < -0.39 is 10.0 Å². The summed E-state index contributed by atoms with van der Waals surface area (Å²) in [4.78, 5) is 0. The minimum Gasteiger partial charge on any atom is -0.317 e. The van der Waals surface area contributed by atoms with Gasteiger partial charge in [0.25, 0.3) is 0 Å². The smallest absolute Gasteiger partial charge is 0.232 e. The van der Waals surface area contributed by atoms with E-state index in [4.69, 9.17) is 11.6 Å². The van der Waals surface area contributed by atoms with E-state index in [-0.39, 0.29) is 5.75 Å². The first-order valence-electron chi connectivity index (χ1n) is 6.65. The number of rotatable bonds is 8. The van der Waals surface area contributed by atoms with Crippen molar-refractivity contribution in [2.24, 2.45) is 0 Å². The van der Waals surface area contributed by atoms with Gasteiger partial charge in [-0.3, -0.25) is 4.72 Å². The van der Waals surface area contributed by atoms with Gasteiger partial charge in [0, 0.05) is 0 Å². The van der Waals surface area contributed by atoms with Gasteiger partial charge in [-0.2, -0.15) is 8.75 Å². The SMILES string of the molecule is CCCNCCCS(=O)(=O)Nc1c(Cl)ccc2nsnc12. The van der Waals surface area contributed by atoms with E-state index in [1.807, 2.05) is 0 Å². The number of hydrogen-bond acceptors (Lipinski definition) is 6. The van der Waals surface area contributed by atoms with Gasteiger partial charge in [-0.25, -0.2) is 8.42 Å². The first-order chi connectivity index (χ1) is 10.0. The van der Waals surface area contributed by atoms with Crippen LogP contribution in [0.1, 0.15) is 19.8 Å². The Hall–Kier alpha value is -0.960. The number of nitrogens with one attached hydrogen (secondary N) is 2. The molecule has 0 saturated heterocycles. The van der Waals surface area contributed by atoms with Crippen LogP contribution in [0.5, 0.6) is 0 Å². The van der Waals surface area contributed by atoms with Crippen molar-refractivity contribution in [3.05, 3.63) is 17.2 Å². The topological polar surface area (TPSA) is 84.0 Å². The molecule has 0 bridgehead atoms. The molecule has 0 aliphatic carbocycles. The predicted molar refractivity (Wildman–Crippen MR) is 87.6 cm³/mol. The number of anilines is 1. The molecule has 21 heavy (non-hydrogen) atoms. The first-order valence-corrected chi connectivity index (χ1v) is 9.41. The third-order valence-electron chi connectivity index (χ3n) is 2.83. The average molecular weight is 349 g/mol. The van der Waals surface area contributed by atoms with Crippen LogP contribution in [0.3, 0.4) is 0 Å². The zero-order valence-electron chi connectivity index (χ0n) is 11.6. The fourth-order valence-corrected chi connectivity index (χ4v) is 3.76. The summed E-state index contributed by atoms with van der Waals surface area (Å²) in [7, 11) is -3.45. The summed E-state index contributed by atoms with van der Waals surface area (Å²) in [6.07, 6.45) is 1.57. The molecule has 116 valence electrons. The summed E-state index contributed by atoms with van der Waals surface area (Å²) < 4.78 is 34.9. The molecule has 0 amide bonds. The maximum atomic E-state index is 12.1. The molecule has 0 aliphatic rings. The summed E-state index contributed by atoms with van der Waals surface area (Å²) in [5, 5.41) is 3.49. The standard InChI is InChI=1S/C12H17ClN4O2S2/c1-2-6-14-7-3-8-21(18,19)17-11-9(13)4-5-10-12(11)16-20-15-10/h4-5,14,17H,2-3,6-8H2,1H3. The lowest BCUT2D eigenvalue weighted by Crippen LogP contribution is -2.22. The van der Waals surface area contributed by atoms with Gasteiger partial charge >= 0.3 is 0 Å². The van der Waals surface area contributed by atoms with Crippen molar-refractivity contribution in [1.29, 1.82) is 0 Å². The summed E-state index contributed by atoms with van der Waals surface area (Å²) in [6.45, 7) is 3.63. The fraction of sp³-hybridized carbons (Fsp3) is 0.500. The molecule has 0 radical (unpaired) electrons. The number of nitrogens with zero attached hydrogens (tertiary/aromatic N) is 2. The monoisotopic (exact) mass is 348 g/mol. The summed E-state index contributed by atoms with van der Waals surface area (Å²) in [6, 6.07) is 3.33. The second kappa shape index (κ2) is 7.35. The van der Waals surface area contributed by atoms with Gasteiger partial charge in [-0.05, 0) is 38.1 Å². The minimum absolute atomic E-state index is 0.0357. The number of sulfonamides is 1. The van der Waals surface area contributed by atoms with Gasteiger partial charge in [-0.15, -0.1) is 0 Å². The molecule has 1 aromatic heterocycles. The van der Waals surface area contributed by atoms with Gasteiger partial charge in [0.05, 0.1) is 28.2 Å². The molecule has 1 aromatic carbocycles. The van der Waals surface area contributed by atoms with Crippen LogP contribution in [-0.2, 0) is 10.0 Å². The van der Waals surface area contributed by atoms with Crippen molar-refractivity contribution in [3.63, 3.8) is 0 Å². The minimum atomic E-state index is -3.45. The lowest BCUT2D eigenvalue weighted by atomic mass is 10.3. The molecular formula is C12H17ClN4O2S2. The van der Waals surface area contributed by atoms with Gasteiger partial charge < -0.3 is 5.32 Å². The van der Waals surface area contributed by atoms with E-state index in [1.54, 1.807) is 12.1 Å². The molecule has 0 fully saturated rings. The summed E-state index contributed by atoms with van der Waals surface area (Å²) in [5.74, 6) is 0.0357. The quantitative estimate of drug-likeness (QED) is 0.716. The van der Waals surface area contributed by atoms with Crippen LogP contribution in [0.2, 0.25) is 5.02 Å². The van der Waals surface area contributed by atoms with Crippen LogP contribution in [0.25, 0.3) is 11.0 Å². The zero-order valence-corrected chi connectivity index (χ0v) is 14.0. The lowest BCUT2D eigenvalue weighted by molar-refractivity contribution is 0.593. The Bertz CT molecular complexity index is 702. The Morgan fingerprint density at radius 2 is 2.10 bits per heavy atom. The Morgan fingerprint density at radius 1 is 1.29 bits per heavy atom. The van der Waals surface area contributed by atoms with Crippen LogP contribution < -0.4 is 10.0 Å². The van der Waals surface area contributed by atoms with E-state index in [0.717, 1.165) is 24.7 Å². The molecule has 6 nitrogen and oxygen atoms in total. The van der Waals surface area contributed by atoms with Crippen molar-refractivity contribution in [1.82, 2.24) is 14.1 Å². The molecule has 9 heteroatoms. The van der Waals surface area contributed by atoms with E-state index in [1.165, 1.54) is 0 Å². The highest BCUT2D eigenvalue weighted by molar-refractivity contribution is 7.92. The molecule has 2 N–H and O–H groups in total. The third-order valence-corrected chi connectivity index (χ3v) is 5.03. The van der Waals surface area contributed by atoms with Crippen molar-refractivity contribution in [3.8, 4) is 0 Å². The maximum absolute atomic E-state index is 12.1. The van der Waals surface area contributed by atoms with Gasteiger partial charge in [0.1, 0.15) is 11.0 Å². The Labute approximate surface area is 133 Å². The Balaban J connectivity index is 2.05. The second-order valence-corrected chi connectivity index (χ2v) is 7.36. The number of benzene rings is 1. The lowest BCUT2D eigenvalue weighted by Gasteiger charge is -2.10. The maximum Gasteiger partial charge on any atom is 0.232 e. The predicted octanol–water partition coefficient (Wildman–Crippen LogP) is 2.48. The fourth-order valence-electron chi connectivity index (χ4n) is 1.82. The molecule has 1 heterocycles. The zero-order chi connectivity index (χ0) is 15.3. The van der Waals surface area contributed by atoms with Crippen molar-refractivity contribution in [2.75, 3.05) is 23.6 Å². The van der Waals surface area contributed by atoms with Crippen LogP contribution >= 0.6 is 23.3 Å². The highest BCUT2D eigenvalue weighted by Gasteiger charge is 2.16. The number of halogens is 1. The molecule has 0 aliphatic heterocycles. The molecule has 0 saturated carbocycles. The van der Waals surface area contributed by atoms with E-state index in [2.05, 4.69) is 25.7 Å². The first kappa shape index (κ1) is 16.4. The highest BCUT2D eigenvalue weighted by atomic mass is 35.5. The summed E-state index contributed by atoms with van der Waals surface area (Å²) >= 11 is 7.09. The Kier molecular flexibility index (Phi) is 5.74. The number of hydrogen-bond donors (Lipinski definition) is 2. The van der Waals surface area contributed by atoms with Gasteiger partial charge in [0.2, 0.25) is 10.0 Å². The number of aromatic nitrogens is 2. The molecular weight excluding hydrogens is 332 g/mol. The number of fused-ring (bicyclic) bond motifs is 1. The van der Waals surface area contributed by atoms with Gasteiger partial charge in [-0.1, -0.05) is 18.5 Å². The van der Waals surface area contributed by atoms with Crippen LogP contribution in [0.4, 0.5) is 5.69 Å². The molecule has 2 aromatic rings. The summed E-state index contributed by atoms with van der Waals surface area (Å²) in [5.41, 5.74) is 1.43. The van der Waals surface area contributed by atoms with Crippen molar-refractivity contribution in [2.45, 2.75) is 19.8 Å². The van der Waals surface area contributed by atoms with Crippen LogP contribution in [0, 0.1) is 0 Å². The molecule has 0 unspecified atom stereocenters. The van der Waals surface area contributed by atoms with E-state index in [9.17, 15) is 8.42 Å². The van der Waals surface area contributed by atoms with Crippen LogP contribution in [-0.4, -0.2) is 36.0 Å².